The monoisotopic (exact) mass is 261 g/mol. The number of hydrogen-bond acceptors (Lipinski definition) is 3. The van der Waals surface area contributed by atoms with E-state index in [1.54, 1.807) is 6.07 Å². The summed E-state index contributed by atoms with van der Waals surface area (Å²) in [5.74, 6) is 0.648. The van der Waals surface area contributed by atoms with Crippen LogP contribution < -0.4 is 0 Å². The molecule has 2 atom stereocenters. The number of piperidine rings is 1. The Morgan fingerprint density at radius 3 is 2.95 bits per heavy atom. The normalized spacial score (nSPS) is 24.4. The number of hydrogen-bond donors (Lipinski definition) is 0. The first-order valence-electron chi connectivity index (χ1n) is 6.83. The van der Waals surface area contributed by atoms with E-state index in [0.717, 1.165) is 25.2 Å². The molecule has 0 N–H and O–H groups in total. The molecule has 1 aliphatic rings. The zero-order valence-corrected chi connectivity index (χ0v) is 11.5. The lowest BCUT2D eigenvalue weighted by atomic mass is 9.79. The van der Waals surface area contributed by atoms with Gasteiger partial charge in [-0.2, -0.15) is 9.65 Å². The van der Waals surface area contributed by atoms with Crippen LogP contribution in [0.3, 0.4) is 0 Å². The Kier molecular flexibility index (Phi) is 4.49. The Balaban J connectivity index is 1.99. The van der Waals surface area contributed by atoms with Crippen LogP contribution in [0.15, 0.2) is 18.2 Å². The molecule has 4 heteroatoms. The first-order chi connectivity index (χ1) is 9.10. The fourth-order valence-electron chi connectivity index (χ4n) is 2.88. The predicted molar refractivity (Wildman–Crippen MR) is 71.5 cm³/mol. The van der Waals surface area contributed by atoms with Crippen molar-refractivity contribution < 1.29 is 4.39 Å². The fourth-order valence-corrected chi connectivity index (χ4v) is 2.88. The van der Waals surface area contributed by atoms with Crippen molar-refractivity contribution in [3.63, 3.8) is 0 Å². The summed E-state index contributed by atoms with van der Waals surface area (Å²) >= 11 is 0. The van der Waals surface area contributed by atoms with Gasteiger partial charge in [-0.15, -0.1) is 0 Å². The number of pyridine rings is 1. The Morgan fingerprint density at radius 2 is 2.32 bits per heavy atom. The van der Waals surface area contributed by atoms with Gasteiger partial charge in [0.2, 0.25) is 5.95 Å². The second-order valence-electron chi connectivity index (χ2n) is 5.62. The van der Waals surface area contributed by atoms with E-state index in [1.807, 2.05) is 6.07 Å². The molecule has 102 valence electrons. The minimum absolute atomic E-state index is 0.0716. The maximum absolute atomic E-state index is 13.1. The van der Waals surface area contributed by atoms with E-state index in [4.69, 9.17) is 0 Å². The fraction of sp³-hybridized carbons (Fsp3) is 0.600. The highest BCUT2D eigenvalue weighted by atomic mass is 19.1. The first-order valence-corrected chi connectivity index (χ1v) is 6.83. The van der Waals surface area contributed by atoms with Gasteiger partial charge >= 0.3 is 0 Å². The average Bonchev–Trinajstić information content (AvgIpc) is 2.38. The predicted octanol–water partition coefficient (Wildman–Crippen LogP) is 2.84. The van der Waals surface area contributed by atoms with Gasteiger partial charge in [0.25, 0.3) is 0 Å². The number of halogens is 1. The Hall–Kier alpha value is -1.47. The van der Waals surface area contributed by atoms with E-state index < -0.39 is 5.95 Å². The number of nitriles is 1. The van der Waals surface area contributed by atoms with E-state index in [2.05, 4.69) is 29.8 Å². The van der Waals surface area contributed by atoms with Gasteiger partial charge in [0.15, 0.2) is 0 Å². The Bertz CT molecular complexity index is 467. The summed E-state index contributed by atoms with van der Waals surface area (Å²) < 4.78 is 13.1. The van der Waals surface area contributed by atoms with Gasteiger partial charge in [-0.05, 0) is 36.9 Å². The third kappa shape index (κ3) is 3.51. The van der Waals surface area contributed by atoms with E-state index in [-0.39, 0.29) is 5.92 Å². The molecular formula is C15H20FN3. The number of rotatable bonds is 3. The van der Waals surface area contributed by atoms with Crippen LogP contribution in [0.1, 0.15) is 26.0 Å². The Morgan fingerprint density at radius 1 is 1.53 bits per heavy atom. The highest BCUT2D eigenvalue weighted by molar-refractivity contribution is 5.05. The summed E-state index contributed by atoms with van der Waals surface area (Å²) in [6.07, 6.45) is 1.03. The summed E-state index contributed by atoms with van der Waals surface area (Å²) in [6.45, 7) is 6.70. The van der Waals surface area contributed by atoms with Crippen molar-refractivity contribution >= 4 is 0 Å². The summed E-state index contributed by atoms with van der Waals surface area (Å²) in [5.41, 5.74) is 0.736. The Labute approximate surface area is 114 Å². The molecule has 1 aromatic heterocycles. The van der Waals surface area contributed by atoms with Gasteiger partial charge in [0.05, 0.1) is 17.7 Å². The zero-order chi connectivity index (χ0) is 13.8. The summed E-state index contributed by atoms with van der Waals surface area (Å²) in [5, 5.41) is 9.29. The van der Waals surface area contributed by atoms with Crippen molar-refractivity contribution in [2.24, 2.45) is 17.8 Å². The molecule has 0 aliphatic carbocycles. The largest absolute Gasteiger partial charge is 0.296 e. The molecule has 2 unspecified atom stereocenters. The van der Waals surface area contributed by atoms with Crippen LogP contribution in [0.4, 0.5) is 4.39 Å². The van der Waals surface area contributed by atoms with Crippen LogP contribution in [0.2, 0.25) is 0 Å². The highest BCUT2D eigenvalue weighted by Gasteiger charge is 2.31. The van der Waals surface area contributed by atoms with Crippen LogP contribution >= 0.6 is 0 Å². The van der Waals surface area contributed by atoms with E-state index >= 15 is 0 Å². The van der Waals surface area contributed by atoms with Crippen LogP contribution in [0, 0.1) is 35.0 Å². The molecule has 0 radical (unpaired) electrons. The summed E-state index contributed by atoms with van der Waals surface area (Å²) in [4.78, 5) is 6.08. The molecule has 19 heavy (non-hydrogen) atoms. The standard InChI is InChI=1S/C15H20FN3/c1-11(2)14-6-7-19(9-12(14)8-17)10-13-4-3-5-15(16)18-13/h3-5,11-12,14H,6-7,9-10H2,1-2H3. The summed E-state index contributed by atoms with van der Waals surface area (Å²) in [6, 6.07) is 7.29. The van der Waals surface area contributed by atoms with Crippen molar-refractivity contribution in [1.82, 2.24) is 9.88 Å². The van der Waals surface area contributed by atoms with E-state index in [0.29, 0.717) is 18.4 Å². The SMILES string of the molecule is CC(C)C1CCN(Cc2cccc(F)n2)CC1C#N. The van der Waals surface area contributed by atoms with Crippen LogP contribution in [-0.4, -0.2) is 23.0 Å². The van der Waals surface area contributed by atoms with Crippen molar-refractivity contribution in [1.29, 1.82) is 5.26 Å². The molecule has 1 fully saturated rings. The van der Waals surface area contributed by atoms with Crippen LogP contribution in [-0.2, 0) is 6.54 Å². The van der Waals surface area contributed by atoms with Crippen molar-refractivity contribution in [3.8, 4) is 6.07 Å². The van der Waals surface area contributed by atoms with Crippen LogP contribution in [0.25, 0.3) is 0 Å². The molecule has 2 heterocycles. The van der Waals surface area contributed by atoms with Crippen molar-refractivity contribution in [2.45, 2.75) is 26.8 Å². The minimum atomic E-state index is -0.439. The molecule has 0 bridgehead atoms. The number of nitrogens with zero attached hydrogens (tertiary/aromatic N) is 3. The van der Waals surface area contributed by atoms with E-state index in [9.17, 15) is 9.65 Å². The average molecular weight is 261 g/mol. The third-order valence-corrected chi connectivity index (χ3v) is 3.93. The highest BCUT2D eigenvalue weighted by Crippen LogP contribution is 2.30. The molecule has 0 amide bonds. The maximum atomic E-state index is 13.1. The van der Waals surface area contributed by atoms with Gasteiger partial charge < -0.3 is 0 Å². The van der Waals surface area contributed by atoms with Crippen LogP contribution in [0.5, 0.6) is 0 Å². The third-order valence-electron chi connectivity index (χ3n) is 3.93. The molecule has 0 saturated carbocycles. The van der Waals surface area contributed by atoms with Gasteiger partial charge in [0.1, 0.15) is 0 Å². The molecule has 0 spiro atoms. The van der Waals surface area contributed by atoms with Gasteiger partial charge in [-0.25, -0.2) is 4.98 Å². The lowest BCUT2D eigenvalue weighted by Gasteiger charge is -2.37. The molecule has 1 aromatic rings. The van der Waals surface area contributed by atoms with Crippen molar-refractivity contribution in [2.75, 3.05) is 13.1 Å². The quantitative estimate of drug-likeness (QED) is 0.785. The second kappa shape index (κ2) is 6.12. The molecular weight excluding hydrogens is 241 g/mol. The first kappa shape index (κ1) is 14.0. The zero-order valence-electron chi connectivity index (χ0n) is 11.5. The molecule has 1 saturated heterocycles. The van der Waals surface area contributed by atoms with Gasteiger partial charge in [0, 0.05) is 13.1 Å². The number of likely N-dealkylation sites (tertiary alicyclic amines) is 1. The minimum Gasteiger partial charge on any atom is -0.296 e. The molecule has 0 aromatic carbocycles. The van der Waals surface area contributed by atoms with Gasteiger partial charge in [-0.3, -0.25) is 4.90 Å². The lowest BCUT2D eigenvalue weighted by molar-refractivity contribution is 0.114. The molecule has 2 rings (SSSR count). The van der Waals surface area contributed by atoms with Gasteiger partial charge in [-0.1, -0.05) is 19.9 Å². The lowest BCUT2D eigenvalue weighted by Crippen LogP contribution is -2.41. The van der Waals surface area contributed by atoms with Crippen molar-refractivity contribution in [3.05, 3.63) is 29.8 Å². The smallest absolute Gasteiger partial charge is 0.213 e. The number of aromatic nitrogens is 1. The second-order valence-corrected chi connectivity index (χ2v) is 5.62. The summed E-state index contributed by atoms with van der Waals surface area (Å²) in [7, 11) is 0. The molecule has 3 nitrogen and oxygen atoms in total. The maximum Gasteiger partial charge on any atom is 0.213 e. The topological polar surface area (TPSA) is 39.9 Å². The van der Waals surface area contributed by atoms with E-state index in [1.165, 1.54) is 6.07 Å². The molecule has 1 aliphatic heterocycles.